The summed E-state index contributed by atoms with van der Waals surface area (Å²) in [6.45, 7) is -0.0476. The summed E-state index contributed by atoms with van der Waals surface area (Å²) in [4.78, 5) is 38.4. The first-order chi connectivity index (χ1) is 17.0. The molecule has 1 aromatic carbocycles. The topological polar surface area (TPSA) is 99.0 Å². The number of nitrogens with one attached hydrogen (secondary N) is 1. The Bertz CT molecular complexity index is 1450. The number of halogens is 1. The Hall–Kier alpha value is -4.40. The van der Waals surface area contributed by atoms with Gasteiger partial charge in [0.1, 0.15) is 24.1 Å². The van der Waals surface area contributed by atoms with Crippen molar-refractivity contribution in [2.45, 2.75) is 25.4 Å². The van der Waals surface area contributed by atoms with Gasteiger partial charge < -0.3 is 14.6 Å². The molecule has 3 aromatic heterocycles. The van der Waals surface area contributed by atoms with Crippen LogP contribution in [0.1, 0.15) is 22.6 Å². The monoisotopic (exact) mass is 471 g/mol. The number of ether oxygens (including phenoxy) is 1. The molecular formula is C26H22FN5O3. The van der Waals surface area contributed by atoms with Crippen LogP contribution < -0.4 is 5.32 Å². The fourth-order valence-electron chi connectivity index (χ4n) is 4.19. The van der Waals surface area contributed by atoms with E-state index in [4.69, 9.17) is 4.74 Å². The Labute approximate surface area is 200 Å². The third-order valence-corrected chi connectivity index (χ3v) is 5.89. The molecule has 1 atom stereocenters. The summed E-state index contributed by atoms with van der Waals surface area (Å²) < 4.78 is 20.3. The molecule has 9 heteroatoms. The molecule has 0 spiro atoms. The van der Waals surface area contributed by atoms with Crippen LogP contribution >= 0.6 is 0 Å². The summed E-state index contributed by atoms with van der Waals surface area (Å²) in [6.07, 6.45) is 7.42. The van der Waals surface area contributed by atoms with E-state index in [2.05, 4.69) is 20.3 Å². The quantitative estimate of drug-likeness (QED) is 0.416. The molecule has 1 aliphatic carbocycles. The Balaban J connectivity index is 1.36. The first-order valence-electron chi connectivity index (χ1n) is 11.1. The van der Waals surface area contributed by atoms with Crippen LogP contribution in [0.25, 0.3) is 16.6 Å². The zero-order valence-corrected chi connectivity index (χ0v) is 18.9. The molecule has 0 radical (unpaired) electrons. The van der Waals surface area contributed by atoms with Crippen LogP contribution in [0, 0.1) is 5.82 Å². The molecule has 0 saturated heterocycles. The summed E-state index contributed by atoms with van der Waals surface area (Å²) in [7, 11) is 1.29. The molecule has 0 fully saturated rings. The second-order valence-corrected chi connectivity index (χ2v) is 8.22. The van der Waals surface area contributed by atoms with E-state index in [1.807, 2.05) is 42.5 Å². The Morgan fingerprint density at radius 1 is 1.17 bits per heavy atom. The van der Waals surface area contributed by atoms with E-state index >= 15 is 0 Å². The molecule has 0 saturated carbocycles. The Kier molecular flexibility index (Phi) is 6.05. The highest BCUT2D eigenvalue weighted by Gasteiger charge is 2.23. The number of methoxy groups -OCH3 is 1. The number of pyridine rings is 1. The van der Waals surface area contributed by atoms with Crippen molar-refractivity contribution in [2.24, 2.45) is 0 Å². The molecule has 176 valence electrons. The zero-order chi connectivity index (χ0) is 24.4. The molecule has 8 nitrogen and oxygen atoms in total. The number of allylic oxidation sites excluding steroid dienone is 1. The standard InChI is InChI=1S/C26H22FN5O3/c1-35-26(34)22(11-16-5-3-2-4-6-16)30-23(33)15-32-10-9-17-13-29-24(31-25(17)32)19-7-8-21-20(19)12-18(27)14-28-21/h2-7,9-10,12-14,22H,8,11,15H2,1H3,(H,30,33)/t22-/m0/s1. The van der Waals surface area contributed by atoms with Crippen LogP contribution in [0.3, 0.4) is 0 Å². The third-order valence-electron chi connectivity index (χ3n) is 5.89. The predicted molar refractivity (Wildman–Crippen MR) is 127 cm³/mol. The van der Waals surface area contributed by atoms with Gasteiger partial charge in [0.2, 0.25) is 5.91 Å². The lowest BCUT2D eigenvalue weighted by Crippen LogP contribution is -2.44. The molecule has 1 amide bonds. The summed E-state index contributed by atoms with van der Waals surface area (Å²) in [5, 5.41) is 3.53. The van der Waals surface area contributed by atoms with Gasteiger partial charge >= 0.3 is 5.97 Å². The maximum Gasteiger partial charge on any atom is 0.328 e. The van der Waals surface area contributed by atoms with E-state index < -0.39 is 17.8 Å². The highest BCUT2D eigenvalue weighted by Crippen LogP contribution is 2.30. The Morgan fingerprint density at radius 2 is 2.00 bits per heavy atom. The Morgan fingerprint density at radius 3 is 2.80 bits per heavy atom. The van der Waals surface area contributed by atoms with Crippen molar-refractivity contribution in [2.75, 3.05) is 7.11 Å². The van der Waals surface area contributed by atoms with E-state index in [0.717, 1.165) is 16.6 Å². The van der Waals surface area contributed by atoms with Crippen LogP contribution in [0.5, 0.6) is 0 Å². The summed E-state index contributed by atoms with van der Waals surface area (Å²) in [5.41, 5.74) is 3.61. The first-order valence-corrected chi connectivity index (χ1v) is 11.1. The number of hydrogen-bond donors (Lipinski definition) is 1. The summed E-state index contributed by atoms with van der Waals surface area (Å²) in [6, 6.07) is 11.8. The van der Waals surface area contributed by atoms with E-state index in [9.17, 15) is 14.0 Å². The SMILES string of the molecule is COC(=O)[C@H](Cc1ccccc1)NC(=O)Cn1ccc2cnc(C3=CCc4ncc(F)cc43)nc21. The van der Waals surface area contributed by atoms with Crippen LogP contribution in [-0.2, 0) is 33.7 Å². The molecule has 0 aliphatic heterocycles. The highest BCUT2D eigenvalue weighted by atomic mass is 19.1. The molecule has 4 aromatic rings. The van der Waals surface area contributed by atoms with E-state index in [-0.39, 0.29) is 12.5 Å². The van der Waals surface area contributed by atoms with Crippen LogP contribution in [0.4, 0.5) is 4.39 Å². The van der Waals surface area contributed by atoms with Crippen LogP contribution in [0.15, 0.2) is 67.1 Å². The summed E-state index contributed by atoms with van der Waals surface area (Å²) >= 11 is 0. The minimum Gasteiger partial charge on any atom is -0.467 e. The second kappa shape index (κ2) is 9.46. The lowest BCUT2D eigenvalue weighted by molar-refractivity contribution is -0.145. The van der Waals surface area contributed by atoms with Gasteiger partial charge in [-0.2, -0.15) is 0 Å². The van der Waals surface area contributed by atoms with Crippen molar-refractivity contribution in [3.63, 3.8) is 0 Å². The van der Waals surface area contributed by atoms with Gasteiger partial charge in [-0.3, -0.25) is 9.78 Å². The maximum absolute atomic E-state index is 13.8. The van der Waals surface area contributed by atoms with Crippen LogP contribution in [-0.4, -0.2) is 44.5 Å². The number of hydrogen-bond acceptors (Lipinski definition) is 6. The maximum atomic E-state index is 13.8. The van der Waals surface area contributed by atoms with Crippen molar-refractivity contribution in [1.82, 2.24) is 24.8 Å². The minimum absolute atomic E-state index is 0.0476. The number of rotatable bonds is 7. The van der Waals surface area contributed by atoms with Gasteiger partial charge in [0.05, 0.1) is 19.0 Å². The second-order valence-electron chi connectivity index (χ2n) is 8.22. The van der Waals surface area contributed by atoms with Gasteiger partial charge in [-0.1, -0.05) is 36.4 Å². The van der Waals surface area contributed by atoms with Gasteiger partial charge in [0, 0.05) is 41.8 Å². The lowest BCUT2D eigenvalue weighted by Gasteiger charge is -2.17. The number of carbonyl (C=O) groups excluding carboxylic acids is 2. The normalized spacial score (nSPS) is 13.3. The molecule has 0 unspecified atom stereocenters. The molecular weight excluding hydrogens is 449 g/mol. The third kappa shape index (κ3) is 4.65. The van der Waals surface area contributed by atoms with Gasteiger partial charge in [-0.05, 0) is 17.7 Å². The fourth-order valence-corrected chi connectivity index (χ4v) is 4.19. The average molecular weight is 471 g/mol. The number of carbonyl (C=O) groups is 2. The smallest absolute Gasteiger partial charge is 0.328 e. The van der Waals surface area contributed by atoms with E-state index in [0.29, 0.717) is 35.4 Å². The van der Waals surface area contributed by atoms with E-state index in [1.165, 1.54) is 19.4 Å². The van der Waals surface area contributed by atoms with Gasteiger partial charge in [-0.25, -0.2) is 19.2 Å². The number of fused-ring (bicyclic) bond motifs is 2. The van der Waals surface area contributed by atoms with Gasteiger partial charge in [0.25, 0.3) is 0 Å². The lowest BCUT2D eigenvalue weighted by atomic mass is 10.1. The zero-order valence-electron chi connectivity index (χ0n) is 18.9. The molecule has 5 rings (SSSR count). The number of esters is 1. The van der Waals surface area contributed by atoms with Crippen molar-refractivity contribution in [3.05, 3.63) is 95.6 Å². The molecule has 0 bridgehead atoms. The predicted octanol–water partition coefficient (Wildman–Crippen LogP) is 2.85. The molecule has 1 aliphatic rings. The number of nitrogens with zero attached hydrogens (tertiary/aromatic N) is 4. The number of aromatic nitrogens is 4. The van der Waals surface area contributed by atoms with Crippen molar-refractivity contribution in [3.8, 4) is 0 Å². The minimum atomic E-state index is -0.815. The average Bonchev–Trinajstić information content (AvgIpc) is 3.47. The van der Waals surface area contributed by atoms with Crippen molar-refractivity contribution in [1.29, 1.82) is 0 Å². The van der Waals surface area contributed by atoms with Gasteiger partial charge in [0.15, 0.2) is 5.82 Å². The fraction of sp³-hybridized carbons (Fsp3) is 0.192. The van der Waals surface area contributed by atoms with Gasteiger partial charge in [-0.15, -0.1) is 0 Å². The summed E-state index contributed by atoms with van der Waals surface area (Å²) in [5.74, 6) is -0.864. The number of benzene rings is 1. The van der Waals surface area contributed by atoms with Crippen molar-refractivity contribution < 1.29 is 18.7 Å². The van der Waals surface area contributed by atoms with Crippen LogP contribution in [0.2, 0.25) is 0 Å². The molecule has 1 N–H and O–H groups in total. The largest absolute Gasteiger partial charge is 0.467 e. The van der Waals surface area contributed by atoms with E-state index in [1.54, 1.807) is 17.0 Å². The highest BCUT2D eigenvalue weighted by molar-refractivity contribution is 5.87. The molecule has 3 heterocycles. The molecule has 35 heavy (non-hydrogen) atoms. The number of amides is 1. The first kappa shape index (κ1) is 22.4. The van der Waals surface area contributed by atoms with Crippen molar-refractivity contribution >= 4 is 28.5 Å².